The molecule has 3 saturated heterocycles. The molecule has 3 aliphatic heterocycles. The van der Waals surface area contributed by atoms with Crippen molar-refractivity contribution in [2.75, 3.05) is 65.4 Å². The number of thioether (sulfide) groups is 1. The number of nitrogens with zero attached hydrogens (tertiary/aromatic N) is 5. The number of phenolic OH excluding ortho intramolecular Hbond substituents is 1. The predicted molar refractivity (Wildman–Crippen MR) is 497 cm³/mol. The molecule has 0 radical (unpaired) electrons. The Kier molecular flexibility index (Phi) is 36.6. The van der Waals surface area contributed by atoms with Gasteiger partial charge in [0.1, 0.15) is 89.8 Å². The number of carbonyl (C=O) groups excluding carboxylic acids is 17. The summed E-state index contributed by atoms with van der Waals surface area (Å²) >= 11 is 0.805. The zero-order chi connectivity index (χ0) is 97.5. The summed E-state index contributed by atoms with van der Waals surface area (Å²) < 4.78 is 0. The smallest absolute Gasteiger partial charge is 0.247 e. The van der Waals surface area contributed by atoms with Gasteiger partial charge < -0.3 is 121 Å². The quantitative estimate of drug-likeness (QED) is 0.0361. The normalized spacial score (nSPS) is 25.1. The van der Waals surface area contributed by atoms with Gasteiger partial charge in [0.2, 0.25) is 100 Å². The molecule has 4 aromatic carbocycles. The van der Waals surface area contributed by atoms with Crippen LogP contribution in [0.2, 0.25) is 0 Å². The van der Waals surface area contributed by atoms with E-state index in [-0.39, 0.29) is 102 Å². The number of primary amides is 2. The lowest BCUT2D eigenvalue weighted by molar-refractivity contribution is -0.150. The summed E-state index contributed by atoms with van der Waals surface area (Å²) in [4.78, 5) is 264. The number of hydrogen-bond acceptors (Lipinski definition) is 22. The molecule has 5 heterocycles. The van der Waals surface area contributed by atoms with E-state index < -0.39 is 228 Å². The van der Waals surface area contributed by atoms with Crippen molar-refractivity contribution in [2.24, 2.45) is 28.9 Å². The number of nitrogens with one attached hydrogen (secondary N) is 12. The number of amides is 17. The van der Waals surface area contributed by atoms with Crippen LogP contribution in [0, 0.1) is 5.92 Å². The fraction of sp³-hybridized carbons (Fsp3) is 0.516. The maximum Gasteiger partial charge on any atom is 0.247 e. The molecule has 0 bridgehead atoms. The number of aromatic hydroxyl groups is 1. The Bertz CT molecular complexity index is 5250. The highest BCUT2D eigenvalue weighted by molar-refractivity contribution is 8.00. The van der Waals surface area contributed by atoms with Crippen LogP contribution in [0.3, 0.4) is 0 Å². The molecule has 10 rings (SSSR count). The number of likely N-dealkylation sites (N-methyl/N-ethyl adjacent to an activating group) is 3. The first-order valence-electron chi connectivity index (χ1n) is 45.5. The lowest BCUT2D eigenvalue weighted by atomic mass is 9.92. The van der Waals surface area contributed by atoms with Crippen LogP contribution in [0.5, 0.6) is 5.75 Å². The van der Waals surface area contributed by atoms with Crippen LogP contribution in [-0.4, -0.2) is 301 Å². The van der Waals surface area contributed by atoms with Gasteiger partial charge in [-0.15, -0.1) is 11.8 Å². The van der Waals surface area contributed by atoms with Crippen molar-refractivity contribution < 1.29 is 91.7 Å². The Morgan fingerprint density at radius 1 is 0.545 bits per heavy atom. The first kappa shape index (κ1) is 103. The molecule has 1 spiro atoms. The van der Waals surface area contributed by atoms with Gasteiger partial charge in [0.05, 0.1) is 24.8 Å². The number of para-hydroxylation sites is 2. The van der Waals surface area contributed by atoms with Gasteiger partial charge >= 0.3 is 0 Å². The molecule has 14 atom stereocenters. The molecule has 724 valence electrons. The lowest BCUT2D eigenvalue weighted by Gasteiger charge is -2.38. The van der Waals surface area contributed by atoms with Gasteiger partial charge in [-0.1, -0.05) is 126 Å². The molecular formula is C93H127N21O19S. The van der Waals surface area contributed by atoms with Crippen LogP contribution in [-0.2, 0) is 114 Å². The van der Waals surface area contributed by atoms with Crippen molar-refractivity contribution in [1.82, 2.24) is 87.6 Å². The van der Waals surface area contributed by atoms with E-state index in [0.29, 0.717) is 75.3 Å². The number of aromatic amines is 2. The minimum Gasteiger partial charge on any atom is -0.508 e. The first-order valence-corrected chi connectivity index (χ1v) is 46.6. The van der Waals surface area contributed by atoms with Crippen molar-refractivity contribution in [3.8, 4) is 5.75 Å². The van der Waals surface area contributed by atoms with Crippen molar-refractivity contribution in [2.45, 2.75) is 234 Å². The molecule has 22 N–H and O–H groups in total. The number of unbranched alkanes of at least 4 members (excludes halogenated alkanes) is 2. The molecule has 6 aromatic rings. The number of H-pyrrole nitrogens is 2. The Hall–Kier alpha value is -13.0. The number of nitrogens with two attached hydrogens (primary N) is 4. The van der Waals surface area contributed by atoms with Gasteiger partial charge in [0.25, 0.3) is 0 Å². The summed E-state index contributed by atoms with van der Waals surface area (Å²) in [5.74, 6) is -16.7. The molecule has 4 aliphatic rings. The molecule has 0 saturated carbocycles. The number of aromatic nitrogens is 2. The Labute approximate surface area is 780 Å². The molecular weight excluding hydrogens is 1750 g/mol. The number of benzene rings is 4. The van der Waals surface area contributed by atoms with Crippen LogP contribution >= 0.6 is 11.8 Å². The second kappa shape index (κ2) is 47.6. The third-order valence-corrected chi connectivity index (χ3v) is 26.2. The summed E-state index contributed by atoms with van der Waals surface area (Å²) in [6, 6.07) is 7.35. The SMILES string of the molecule is CCCC[C@H]1C(=O)N(C)[C@@H](CCCC)C(=O)NC2(Cc3ccccc3C2)C(=O)N[C@H](C(=O)NCC(N)=O)CSCC(=O)N[C@@H](Cc2ccc(O)cc2)C(=O)N(C)[C@@H](C)C(=O)N[C@@H](CC(N)=O)C(=O)N2CCC[C@H]2C(=O)N[C@@H](CN)C(=O)N[C@@H](CC(C)C)C(=O)N2C[C@H](O)C[C@H]2C(=O)NC(Cc2c[nH]c3ccccc23)C(=O)N[C@@H](CCN)C(=O)N[C@@H](Cc2c[nH]c3ccccc23)C(=O)N1C. The maximum atomic E-state index is 15.9. The number of carbonyl (C=O) groups is 17. The van der Waals surface area contributed by atoms with E-state index in [1.165, 1.54) is 62.1 Å². The Morgan fingerprint density at radius 2 is 1.07 bits per heavy atom. The van der Waals surface area contributed by atoms with Crippen molar-refractivity contribution in [3.05, 3.63) is 137 Å². The number of aliphatic hydroxyl groups is 1. The minimum absolute atomic E-state index is 0.00612. The zero-order valence-corrected chi connectivity index (χ0v) is 77.6. The highest BCUT2D eigenvalue weighted by atomic mass is 32.2. The van der Waals surface area contributed by atoms with Gasteiger partial charge in [0.15, 0.2) is 0 Å². The Morgan fingerprint density at radius 3 is 1.66 bits per heavy atom. The van der Waals surface area contributed by atoms with E-state index in [4.69, 9.17) is 22.9 Å². The molecule has 1 unspecified atom stereocenters. The average molecular weight is 1880 g/mol. The number of rotatable bonds is 22. The van der Waals surface area contributed by atoms with Crippen LogP contribution in [0.4, 0.5) is 0 Å². The third-order valence-electron chi connectivity index (χ3n) is 25.1. The monoisotopic (exact) mass is 1870 g/mol. The van der Waals surface area contributed by atoms with Crippen LogP contribution < -0.4 is 76.1 Å². The summed E-state index contributed by atoms with van der Waals surface area (Å²) in [7, 11) is 4.04. The van der Waals surface area contributed by atoms with Gasteiger partial charge in [0, 0.05) is 119 Å². The van der Waals surface area contributed by atoms with Gasteiger partial charge in [-0.3, -0.25) is 81.5 Å². The Balaban J connectivity index is 1.02. The summed E-state index contributed by atoms with van der Waals surface area (Å²) in [6.45, 7) is 6.50. The van der Waals surface area contributed by atoms with Crippen molar-refractivity contribution in [1.29, 1.82) is 0 Å². The van der Waals surface area contributed by atoms with E-state index in [0.717, 1.165) is 26.5 Å². The standard InChI is InChI=1S/C93H127N21O19S/c1-9-11-26-72-86(127)109-93(42-54-20-13-14-21-55(54)43-93)92(133)108-71(80(121)100-47-77(97)118)49-134-50-78(119)101-67(37-53-29-31-58(115)32-30-53)87(128)110(6)52(5)79(120)104-69(41-76(96)117)89(130)113-35-19-28-73(113)84(125)107-70(44-95)83(124)105-66(36-51(3)4)90(131)114-48-59(116)40-75(114)85(126)103-65(38-56-45-98-62-24-17-15-22-60(56)62)82(123)102-64(33-34-94)81(122)106-68(39-57-46-99-63-25-18-16-23-61(57)63)88(129)112(8)74(27-12-10-2)91(132)111(72)7/h13-18,20-25,29-32,45-46,51-52,59,64-75,98-99,115-116H,9-12,19,26-28,33-44,47-50,94-95H2,1-8H3,(H2,96,117)(H2,97,118)(H,100,121)(H,101,119)(H,102,123)(H,103,126)(H,104,120)(H,105,124)(H,106,122)(H,107,125)(H,108,133)(H,109,127)/t52-,59+,64-,65?,66-,67-,68-,69-,70-,71-,72-,73-,74-,75-/m0/s1. The van der Waals surface area contributed by atoms with Crippen LogP contribution in [0.25, 0.3) is 21.8 Å². The zero-order valence-electron chi connectivity index (χ0n) is 76.8. The number of fused-ring (bicyclic) bond motifs is 5. The van der Waals surface area contributed by atoms with Crippen LogP contribution in [0.15, 0.2) is 109 Å². The maximum absolute atomic E-state index is 15.9. The van der Waals surface area contributed by atoms with E-state index in [9.17, 15) is 53.4 Å². The number of hydrogen-bond donors (Lipinski definition) is 18. The van der Waals surface area contributed by atoms with E-state index in [1.54, 1.807) is 86.9 Å². The highest BCUT2D eigenvalue weighted by Crippen LogP contribution is 2.33. The second-order valence-corrected chi connectivity index (χ2v) is 36.5. The molecule has 41 heteroatoms. The summed E-state index contributed by atoms with van der Waals surface area (Å²) in [5, 5.41) is 50.2. The molecule has 17 amide bonds. The topological polar surface area (TPSA) is 603 Å². The number of aliphatic hydroxyl groups excluding tert-OH is 1. The van der Waals surface area contributed by atoms with Gasteiger partial charge in [-0.05, 0) is 110 Å². The van der Waals surface area contributed by atoms with E-state index >= 15 is 38.4 Å². The fourth-order valence-corrected chi connectivity index (χ4v) is 18.5. The molecule has 3 fully saturated rings. The summed E-state index contributed by atoms with van der Waals surface area (Å²) in [6.07, 6.45) is 1.50. The van der Waals surface area contributed by atoms with Gasteiger partial charge in [-0.2, -0.15) is 0 Å². The fourth-order valence-electron chi connectivity index (χ4n) is 17.6. The molecule has 40 nitrogen and oxygen atoms in total. The minimum atomic E-state index is -1.91. The second-order valence-electron chi connectivity index (χ2n) is 35.4. The summed E-state index contributed by atoms with van der Waals surface area (Å²) in [5.41, 5.74) is 25.9. The average Bonchev–Trinajstić information content (AvgIpc) is 1.61. The predicted octanol–water partition coefficient (Wildman–Crippen LogP) is -1.67. The van der Waals surface area contributed by atoms with E-state index in [1.807, 2.05) is 26.0 Å². The molecule has 1 aliphatic carbocycles. The highest BCUT2D eigenvalue weighted by Gasteiger charge is 2.50. The van der Waals surface area contributed by atoms with E-state index in [2.05, 4.69) is 63.1 Å². The first-order chi connectivity index (χ1) is 63.9. The number of phenols is 1. The van der Waals surface area contributed by atoms with Gasteiger partial charge in [-0.25, -0.2) is 0 Å². The molecule has 2 aromatic heterocycles. The third kappa shape index (κ3) is 26.3. The molecule has 134 heavy (non-hydrogen) atoms. The van der Waals surface area contributed by atoms with Crippen molar-refractivity contribution >= 4 is 134 Å². The largest absolute Gasteiger partial charge is 0.508 e. The van der Waals surface area contributed by atoms with Crippen LogP contribution in [0.1, 0.15) is 139 Å². The lowest BCUT2D eigenvalue weighted by Crippen LogP contribution is -2.66. The van der Waals surface area contributed by atoms with Crippen molar-refractivity contribution in [3.63, 3.8) is 0 Å².